The second kappa shape index (κ2) is 11.4. The van der Waals surface area contributed by atoms with Gasteiger partial charge in [-0.05, 0) is 41.5 Å². The normalized spacial score (nSPS) is 17.3. The van der Waals surface area contributed by atoms with Crippen molar-refractivity contribution in [2.75, 3.05) is 25.7 Å². The van der Waals surface area contributed by atoms with Crippen molar-refractivity contribution in [3.8, 4) is 17.2 Å². The minimum Gasteiger partial charge on any atom is -0.616 e. The van der Waals surface area contributed by atoms with E-state index in [1.807, 2.05) is 36.4 Å². The van der Waals surface area contributed by atoms with E-state index < -0.39 is 11.2 Å². The van der Waals surface area contributed by atoms with Gasteiger partial charge in [-0.2, -0.15) is 0 Å². The van der Waals surface area contributed by atoms with Crippen molar-refractivity contribution in [2.24, 2.45) is 0 Å². The monoisotopic (exact) mass is 534 g/mol. The lowest BCUT2D eigenvalue weighted by molar-refractivity contribution is 0.306. The summed E-state index contributed by atoms with van der Waals surface area (Å²) < 4.78 is 31.7. The molecule has 1 saturated heterocycles. The van der Waals surface area contributed by atoms with E-state index in [1.165, 1.54) is 4.57 Å². The van der Waals surface area contributed by atoms with Crippen LogP contribution in [0.25, 0.3) is 10.9 Å². The van der Waals surface area contributed by atoms with E-state index in [0.717, 1.165) is 11.1 Å². The number of ether oxygens (including phenoxy) is 3. The lowest BCUT2D eigenvalue weighted by Crippen LogP contribution is -2.43. The van der Waals surface area contributed by atoms with Crippen LogP contribution in [0.3, 0.4) is 0 Å². The van der Waals surface area contributed by atoms with Crippen molar-refractivity contribution < 1.29 is 18.8 Å². The van der Waals surface area contributed by atoms with Gasteiger partial charge in [-0.25, -0.2) is 4.79 Å². The summed E-state index contributed by atoms with van der Waals surface area (Å²) in [6, 6.07) is 20.3. The smallest absolute Gasteiger partial charge is 0.332 e. The van der Waals surface area contributed by atoms with E-state index in [0.29, 0.717) is 59.1 Å². The third-order valence-electron chi connectivity index (χ3n) is 6.90. The Morgan fingerprint density at radius 2 is 1.63 bits per heavy atom. The largest absolute Gasteiger partial charge is 0.616 e. The fourth-order valence-electron chi connectivity index (χ4n) is 4.89. The highest BCUT2D eigenvalue weighted by molar-refractivity contribution is 7.91. The van der Waals surface area contributed by atoms with Crippen molar-refractivity contribution in [2.45, 2.75) is 32.0 Å². The molecule has 38 heavy (non-hydrogen) atoms. The maximum Gasteiger partial charge on any atom is 0.332 e. The highest BCUT2D eigenvalue weighted by atomic mass is 32.2. The topological polar surface area (TPSA) is 94.8 Å². The Balaban J connectivity index is 1.59. The predicted octanol–water partition coefficient (Wildman–Crippen LogP) is 3.89. The van der Waals surface area contributed by atoms with Crippen LogP contribution >= 0.6 is 0 Å². The standard InChI is InChI=1S/C29H30N2O6S/c1-35-26-11-8-21(16-27(26)36-2)18-30-28(32)24-17-23(37-19-20-6-4-3-5-7-20)9-10-25(24)31(29(30)33)22-12-14-38(34)15-13-22/h3-11,16-17,22H,12-15,18-19H2,1-2H3. The van der Waals surface area contributed by atoms with Crippen LogP contribution in [0, 0.1) is 0 Å². The van der Waals surface area contributed by atoms with Crippen molar-refractivity contribution in [3.63, 3.8) is 0 Å². The zero-order valence-corrected chi connectivity index (χ0v) is 22.2. The third-order valence-corrected chi connectivity index (χ3v) is 8.28. The number of fused-ring (bicyclic) bond motifs is 1. The minimum atomic E-state index is -0.878. The first-order valence-electron chi connectivity index (χ1n) is 12.5. The molecule has 0 amide bonds. The van der Waals surface area contributed by atoms with E-state index in [4.69, 9.17) is 14.2 Å². The summed E-state index contributed by atoms with van der Waals surface area (Å²) in [6.45, 7) is 0.433. The van der Waals surface area contributed by atoms with Gasteiger partial charge in [-0.1, -0.05) is 47.6 Å². The molecule has 1 aliphatic rings. The first-order valence-corrected chi connectivity index (χ1v) is 14.0. The summed E-state index contributed by atoms with van der Waals surface area (Å²) in [5.74, 6) is 2.70. The fraction of sp³-hybridized carbons (Fsp3) is 0.310. The first kappa shape index (κ1) is 25.9. The molecule has 3 aromatic carbocycles. The van der Waals surface area contributed by atoms with Crippen LogP contribution in [0.5, 0.6) is 17.2 Å². The Bertz CT molecular complexity index is 1540. The molecule has 1 aromatic heterocycles. The number of rotatable bonds is 8. The summed E-state index contributed by atoms with van der Waals surface area (Å²) in [5.41, 5.74) is 1.54. The minimum absolute atomic E-state index is 0.0711. The Hall–Kier alpha value is -3.69. The van der Waals surface area contributed by atoms with E-state index in [9.17, 15) is 14.1 Å². The van der Waals surface area contributed by atoms with Crippen LogP contribution in [-0.2, 0) is 24.3 Å². The number of hydrogen-bond acceptors (Lipinski definition) is 6. The molecular weight excluding hydrogens is 504 g/mol. The van der Waals surface area contributed by atoms with Gasteiger partial charge in [0.05, 0.1) is 31.7 Å². The molecule has 0 atom stereocenters. The predicted molar refractivity (Wildman–Crippen MR) is 148 cm³/mol. The van der Waals surface area contributed by atoms with Crippen LogP contribution in [0.15, 0.2) is 76.3 Å². The zero-order valence-electron chi connectivity index (χ0n) is 21.4. The molecule has 0 spiro atoms. The molecule has 0 unspecified atom stereocenters. The molecule has 2 heterocycles. The zero-order chi connectivity index (χ0) is 26.6. The van der Waals surface area contributed by atoms with Crippen LogP contribution in [0.1, 0.15) is 30.0 Å². The molecule has 0 saturated carbocycles. The first-order chi connectivity index (χ1) is 18.5. The van der Waals surface area contributed by atoms with Crippen molar-refractivity contribution >= 4 is 22.1 Å². The van der Waals surface area contributed by atoms with Crippen LogP contribution in [0.2, 0.25) is 0 Å². The van der Waals surface area contributed by atoms with Crippen LogP contribution in [0.4, 0.5) is 0 Å². The molecule has 0 radical (unpaired) electrons. The van der Waals surface area contributed by atoms with Gasteiger partial charge in [0.1, 0.15) is 23.9 Å². The lowest BCUT2D eigenvalue weighted by Gasteiger charge is -2.27. The van der Waals surface area contributed by atoms with Gasteiger partial charge >= 0.3 is 5.69 Å². The molecule has 0 N–H and O–H groups in total. The second-order valence-electron chi connectivity index (χ2n) is 9.27. The van der Waals surface area contributed by atoms with Gasteiger partial charge in [0.15, 0.2) is 11.5 Å². The van der Waals surface area contributed by atoms with Gasteiger partial charge in [-0.3, -0.25) is 13.9 Å². The molecule has 0 aliphatic carbocycles. The Morgan fingerprint density at radius 1 is 0.895 bits per heavy atom. The summed E-state index contributed by atoms with van der Waals surface area (Å²) in [7, 11) is 3.10. The molecule has 0 bridgehead atoms. The molecule has 5 rings (SSSR count). The SMILES string of the molecule is COc1ccc(Cn2c(=O)c3cc(OCc4ccccc4)ccc3n(C3CC[S+]([O-])CC3)c2=O)cc1OC. The van der Waals surface area contributed by atoms with Gasteiger partial charge < -0.3 is 18.8 Å². The fourth-order valence-corrected chi connectivity index (χ4v) is 6.16. The highest BCUT2D eigenvalue weighted by Crippen LogP contribution is 2.29. The van der Waals surface area contributed by atoms with Gasteiger partial charge in [0.25, 0.3) is 5.56 Å². The van der Waals surface area contributed by atoms with Crippen molar-refractivity contribution in [1.82, 2.24) is 9.13 Å². The molecule has 1 aliphatic heterocycles. The average Bonchev–Trinajstić information content (AvgIpc) is 2.95. The van der Waals surface area contributed by atoms with Crippen LogP contribution in [-0.4, -0.2) is 39.4 Å². The molecule has 4 aromatic rings. The lowest BCUT2D eigenvalue weighted by atomic mass is 10.1. The average molecular weight is 535 g/mol. The van der Waals surface area contributed by atoms with Crippen molar-refractivity contribution in [3.05, 3.63) is 98.7 Å². The summed E-state index contributed by atoms with van der Waals surface area (Å²) in [6.07, 6.45) is 1.23. The van der Waals surface area contributed by atoms with Gasteiger partial charge in [0.2, 0.25) is 0 Å². The molecule has 8 nitrogen and oxygen atoms in total. The molecule has 9 heteroatoms. The highest BCUT2D eigenvalue weighted by Gasteiger charge is 2.27. The summed E-state index contributed by atoms with van der Waals surface area (Å²) >= 11 is -0.878. The van der Waals surface area contributed by atoms with E-state index in [-0.39, 0.29) is 23.8 Å². The number of methoxy groups -OCH3 is 2. The summed E-state index contributed by atoms with van der Waals surface area (Å²) in [4.78, 5) is 27.6. The maximum atomic E-state index is 13.8. The Labute approximate surface area is 223 Å². The number of nitrogens with zero attached hydrogens (tertiary/aromatic N) is 2. The quantitative estimate of drug-likeness (QED) is 0.319. The van der Waals surface area contributed by atoms with Gasteiger partial charge in [0, 0.05) is 18.9 Å². The molecule has 1 fully saturated rings. The number of hydrogen-bond donors (Lipinski definition) is 0. The number of benzene rings is 3. The maximum absolute atomic E-state index is 13.8. The Morgan fingerprint density at radius 3 is 2.34 bits per heavy atom. The van der Waals surface area contributed by atoms with E-state index >= 15 is 0 Å². The van der Waals surface area contributed by atoms with E-state index in [1.54, 1.807) is 49.1 Å². The van der Waals surface area contributed by atoms with Gasteiger partial charge in [-0.15, -0.1) is 0 Å². The summed E-state index contributed by atoms with van der Waals surface area (Å²) in [5, 5.41) is 0.405. The second-order valence-corrected chi connectivity index (χ2v) is 11.0. The van der Waals surface area contributed by atoms with Crippen molar-refractivity contribution in [1.29, 1.82) is 0 Å². The third kappa shape index (κ3) is 5.30. The van der Waals surface area contributed by atoms with E-state index in [2.05, 4.69) is 0 Å². The molecular formula is C29H30N2O6S. The van der Waals surface area contributed by atoms with Crippen LogP contribution < -0.4 is 25.5 Å². The Kier molecular flexibility index (Phi) is 7.76. The molecule has 198 valence electrons. The number of aromatic nitrogens is 2.